The van der Waals surface area contributed by atoms with Gasteiger partial charge in [-0.15, -0.1) is 11.6 Å². The molecule has 0 aromatic rings. The summed E-state index contributed by atoms with van der Waals surface area (Å²) in [6.45, 7) is 2.80. The molecule has 0 aromatic carbocycles. The van der Waals surface area contributed by atoms with Gasteiger partial charge >= 0.3 is 0 Å². The van der Waals surface area contributed by atoms with Crippen LogP contribution in [0.2, 0.25) is 0 Å². The second kappa shape index (κ2) is 4.96. The molecule has 2 nitrogen and oxygen atoms in total. The third-order valence-corrected chi connectivity index (χ3v) is 2.17. The normalized spacial score (nSPS) is 28.4. The molecule has 1 rings (SSSR count). The molecule has 2 atom stereocenters. The third kappa shape index (κ3) is 3.41. The molecule has 11 heavy (non-hydrogen) atoms. The lowest BCUT2D eigenvalue weighted by atomic mass is 10.2. The average Bonchev–Trinajstić information content (AvgIpc) is 2.06. The second-order valence-electron chi connectivity index (χ2n) is 2.90. The van der Waals surface area contributed by atoms with Crippen LogP contribution < -0.4 is 0 Å². The largest absolute Gasteiger partial charge is 0.353 e. The van der Waals surface area contributed by atoms with E-state index in [4.69, 9.17) is 21.1 Å². The summed E-state index contributed by atoms with van der Waals surface area (Å²) in [5.41, 5.74) is 0. The predicted octanol–water partition coefficient (Wildman–Crippen LogP) is 2.16. The lowest BCUT2D eigenvalue weighted by Gasteiger charge is -2.25. The first-order chi connectivity index (χ1) is 5.33. The summed E-state index contributed by atoms with van der Waals surface area (Å²) in [4.78, 5) is 0. The number of hydrogen-bond donors (Lipinski definition) is 0. The first-order valence-electron chi connectivity index (χ1n) is 4.16. The highest BCUT2D eigenvalue weighted by atomic mass is 35.5. The molecule has 1 aliphatic heterocycles. The Balaban J connectivity index is 2.13. The molecule has 66 valence electrons. The van der Waals surface area contributed by atoms with Crippen LogP contribution in [0.4, 0.5) is 0 Å². The van der Waals surface area contributed by atoms with E-state index in [2.05, 4.69) is 0 Å². The number of alkyl halides is 1. The molecule has 1 heterocycles. The fourth-order valence-electron chi connectivity index (χ4n) is 1.11. The number of rotatable bonds is 3. The van der Waals surface area contributed by atoms with Crippen molar-refractivity contribution in [2.24, 2.45) is 0 Å². The summed E-state index contributed by atoms with van der Waals surface area (Å²) < 4.78 is 10.9. The van der Waals surface area contributed by atoms with Crippen LogP contribution in [0.3, 0.4) is 0 Å². The maximum absolute atomic E-state index is 5.59. The van der Waals surface area contributed by atoms with Gasteiger partial charge in [-0.25, -0.2) is 0 Å². The molecule has 1 fully saturated rings. The highest BCUT2D eigenvalue weighted by molar-refractivity contribution is 6.18. The number of hydrogen-bond acceptors (Lipinski definition) is 2. The Hall–Kier alpha value is 0.210. The molecule has 0 amide bonds. The molecule has 0 saturated carbocycles. The van der Waals surface area contributed by atoms with Crippen LogP contribution in [0.5, 0.6) is 0 Å². The molecule has 1 unspecified atom stereocenters. The van der Waals surface area contributed by atoms with E-state index < -0.39 is 0 Å². The van der Waals surface area contributed by atoms with Crippen LogP contribution >= 0.6 is 11.6 Å². The van der Waals surface area contributed by atoms with Gasteiger partial charge in [-0.05, 0) is 26.2 Å². The van der Waals surface area contributed by atoms with Gasteiger partial charge in [0.2, 0.25) is 0 Å². The second-order valence-corrected chi connectivity index (χ2v) is 3.21. The van der Waals surface area contributed by atoms with Gasteiger partial charge in [-0.3, -0.25) is 0 Å². The summed E-state index contributed by atoms with van der Waals surface area (Å²) in [5, 5.41) is 0. The Bertz CT molecular complexity index is 102. The molecule has 0 aliphatic carbocycles. The van der Waals surface area contributed by atoms with E-state index in [-0.39, 0.29) is 12.4 Å². The summed E-state index contributed by atoms with van der Waals surface area (Å²) in [6, 6.07) is 0. The van der Waals surface area contributed by atoms with E-state index in [0.29, 0.717) is 5.88 Å². The van der Waals surface area contributed by atoms with Crippen molar-refractivity contribution in [3.63, 3.8) is 0 Å². The predicted molar refractivity (Wildman–Crippen MR) is 44.9 cm³/mol. The summed E-state index contributed by atoms with van der Waals surface area (Å²) in [5.74, 6) is 0.542. The van der Waals surface area contributed by atoms with E-state index in [9.17, 15) is 0 Å². The molecule has 0 aromatic heterocycles. The molecular weight excluding hydrogens is 164 g/mol. The molecule has 0 bridgehead atoms. The van der Waals surface area contributed by atoms with Crippen molar-refractivity contribution in [3.8, 4) is 0 Å². The van der Waals surface area contributed by atoms with Crippen LogP contribution in [0, 0.1) is 0 Å². The smallest absolute Gasteiger partial charge is 0.157 e. The van der Waals surface area contributed by atoms with Crippen LogP contribution in [-0.2, 0) is 9.47 Å². The highest BCUT2D eigenvalue weighted by Crippen LogP contribution is 2.15. The van der Waals surface area contributed by atoms with Crippen LogP contribution in [0.1, 0.15) is 26.2 Å². The molecule has 3 heteroatoms. The Morgan fingerprint density at radius 1 is 1.64 bits per heavy atom. The Labute approximate surface area is 72.8 Å². The van der Waals surface area contributed by atoms with Gasteiger partial charge in [-0.2, -0.15) is 0 Å². The molecule has 1 aliphatic rings. The fraction of sp³-hybridized carbons (Fsp3) is 1.00. The van der Waals surface area contributed by atoms with Crippen LogP contribution in [-0.4, -0.2) is 24.9 Å². The molecule has 0 N–H and O–H groups in total. The van der Waals surface area contributed by atoms with E-state index in [1.807, 2.05) is 6.92 Å². The molecule has 1 saturated heterocycles. The van der Waals surface area contributed by atoms with Crippen molar-refractivity contribution in [1.82, 2.24) is 0 Å². The van der Waals surface area contributed by atoms with E-state index >= 15 is 0 Å². The van der Waals surface area contributed by atoms with Gasteiger partial charge < -0.3 is 9.47 Å². The van der Waals surface area contributed by atoms with Crippen molar-refractivity contribution >= 4 is 11.6 Å². The first-order valence-corrected chi connectivity index (χ1v) is 4.69. The SMILES string of the molecule is C[C@@H](CCl)OC1CCCCO1. The van der Waals surface area contributed by atoms with Crippen LogP contribution in [0.15, 0.2) is 0 Å². The van der Waals surface area contributed by atoms with Gasteiger partial charge in [0.15, 0.2) is 6.29 Å². The summed E-state index contributed by atoms with van der Waals surface area (Å²) >= 11 is 5.59. The zero-order valence-electron chi connectivity index (χ0n) is 6.88. The minimum atomic E-state index is -0.00231. The lowest BCUT2D eigenvalue weighted by molar-refractivity contribution is -0.179. The molecule has 0 spiro atoms. The van der Waals surface area contributed by atoms with Gasteiger partial charge in [-0.1, -0.05) is 0 Å². The van der Waals surface area contributed by atoms with Gasteiger partial charge in [0.1, 0.15) is 0 Å². The number of ether oxygens (including phenoxy) is 2. The van der Waals surface area contributed by atoms with Gasteiger partial charge in [0, 0.05) is 12.5 Å². The Kier molecular flexibility index (Phi) is 4.20. The lowest BCUT2D eigenvalue weighted by Crippen LogP contribution is -2.27. The van der Waals surface area contributed by atoms with E-state index in [0.717, 1.165) is 19.4 Å². The standard InChI is InChI=1S/C8H15ClO2/c1-7(6-9)11-8-4-2-3-5-10-8/h7-8H,2-6H2,1H3/t7-,8?/m0/s1. The Morgan fingerprint density at radius 2 is 2.45 bits per heavy atom. The zero-order valence-corrected chi connectivity index (χ0v) is 7.64. The van der Waals surface area contributed by atoms with Crippen molar-refractivity contribution < 1.29 is 9.47 Å². The van der Waals surface area contributed by atoms with Crippen molar-refractivity contribution in [2.75, 3.05) is 12.5 Å². The average molecular weight is 179 g/mol. The maximum atomic E-state index is 5.59. The highest BCUT2D eigenvalue weighted by Gasteiger charge is 2.16. The monoisotopic (exact) mass is 178 g/mol. The van der Waals surface area contributed by atoms with Crippen molar-refractivity contribution in [1.29, 1.82) is 0 Å². The van der Waals surface area contributed by atoms with Gasteiger partial charge in [0.25, 0.3) is 0 Å². The van der Waals surface area contributed by atoms with E-state index in [1.165, 1.54) is 6.42 Å². The molecular formula is C8H15ClO2. The third-order valence-electron chi connectivity index (χ3n) is 1.74. The Morgan fingerprint density at radius 3 is 3.00 bits per heavy atom. The minimum absolute atomic E-state index is 0.00231. The van der Waals surface area contributed by atoms with Crippen molar-refractivity contribution in [3.05, 3.63) is 0 Å². The molecule has 0 radical (unpaired) electrons. The fourth-order valence-corrected chi connectivity index (χ4v) is 1.19. The van der Waals surface area contributed by atoms with Crippen LogP contribution in [0.25, 0.3) is 0 Å². The summed E-state index contributed by atoms with van der Waals surface area (Å²) in [7, 11) is 0. The van der Waals surface area contributed by atoms with Gasteiger partial charge in [0.05, 0.1) is 6.10 Å². The quantitative estimate of drug-likeness (QED) is 0.617. The minimum Gasteiger partial charge on any atom is -0.353 e. The zero-order chi connectivity index (χ0) is 8.10. The summed E-state index contributed by atoms with van der Waals surface area (Å²) in [6.07, 6.45) is 3.49. The maximum Gasteiger partial charge on any atom is 0.157 e. The van der Waals surface area contributed by atoms with E-state index in [1.54, 1.807) is 0 Å². The number of halogens is 1. The van der Waals surface area contributed by atoms with Crippen molar-refractivity contribution in [2.45, 2.75) is 38.6 Å². The topological polar surface area (TPSA) is 18.5 Å². The first kappa shape index (κ1) is 9.30.